The average Bonchev–Trinajstić information content (AvgIpc) is 2.30. The number of nitrogens with zero attached hydrogens (tertiary/aromatic N) is 1. The first-order valence-electron chi connectivity index (χ1n) is 4.53. The summed E-state index contributed by atoms with van der Waals surface area (Å²) in [5.41, 5.74) is 1.43. The lowest BCUT2D eigenvalue weighted by molar-refractivity contribution is -0.107. The van der Waals surface area contributed by atoms with Crippen molar-refractivity contribution in [1.82, 2.24) is 4.98 Å². The molecule has 1 aromatic carbocycles. The van der Waals surface area contributed by atoms with Crippen LogP contribution in [-0.4, -0.2) is 17.6 Å². The predicted octanol–water partition coefficient (Wildman–Crippen LogP) is 1.63. The van der Waals surface area contributed by atoms with Gasteiger partial charge in [0.2, 0.25) is 6.29 Å². The summed E-state index contributed by atoms with van der Waals surface area (Å²) >= 11 is 0. The zero-order valence-electron chi connectivity index (χ0n) is 7.88. The number of pyridine rings is 1. The Bertz CT molecular complexity index is 500. The van der Waals surface area contributed by atoms with Crippen molar-refractivity contribution in [3.8, 4) is 0 Å². The van der Waals surface area contributed by atoms with Gasteiger partial charge in [0.1, 0.15) is 12.2 Å². The minimum Gasteiger partial charge on any atom is -0.302 e. The highest BCUT2D eigenvalue weighted by atomic mass is 16.1. The normalized spacial score (nSPS) is 10.5. The number of para-hydroxylation sites is 1. The van der Waals surface area contributed by atoms with Crippen molar-refractivity contribution in [2.75, 3.05) is 0 Å². The third-order valence-electron chi connectivity index (χ3n) is 2.23. The number of carbonyl (C=O) groups excluding carboxylic acids is 2. The minimum atomic E-state index is -0.831. The molecule has 1 atom stereocenters. The van der Waals surface area contributed by atoms with E-state index in [9.17, 15) is 9.59 Å². The lowest BCUT2D eigenvalue weighted by Gasteiger charge is -2.03. The first kappa shape index (κ1) is 9.52. The van der Waals surface area contributed by atoms with E-state index in [-0.39, 0.29) is 0 Å². The van der Waals surface area contributed by atoms with E-state index in [1.807, 2.05) is 24.3 Å². The monoisotopic (exact) mass is 198 g/mol. The molecule has 0 saturated carbocycles. The third-order valence-corrected chi connectivity index (χ3v) is 2.23. The molecule has 0 saturated heterocycles. The van der Waals surface area contributed by atoms with Crippen molar-refractivity contribution in [1.29, 1.82) is 0 Å². The molecule has 0 aliphatic rings. The van der Waals surface area contributed by atoms with Crippen LogP contribution in [0.5, 0.6) is 0 Å². The predicted molar refractivity (Wildman–Crippen MR) is 56.2 cm³/mol. The van der Waals surface area contributed by atoms with Crippen molar-refractivity contribution in [2.45, 2.75) is 5.92 Å². The molecule has 0 spiro atoms. The Kier molecular flexibility index (Phi) is 2.54. The Labute approximate surface area is 86.8 Å². The number of fused-ring (bicyclic) bond motifs is 1. The molecule has 1 aromatic heterocycles. The Balaban J connectivity index is 2.55. The molecule has 1 radical (unpaired) electrons. The second kappa shape index (κ2) is 4.00. The molecule has 0 bridgehead atoms. The molecule has 15 heavy (non-hydrogen) atoms. The van der Waals surface area contributed by atoms with Crippen LogP contribution in [0.2, 0.25) is 0 Å². The van der Waals surface area contributed by atoms with Crippen LogP contribution in [0, 0.1) is 0 Å². The van der Waals surface area contributed by atoms with Crippen molar-refractivity contribution >= 4 is 23.5 Å². The quantitative estimate of drug-likeness (QED) is 0.556. The number of hydrogen-bond donors (Lipinski definition) is 0. The Morgan fingerprint density at radius 1 is 1.33 bits per heavy atom. The molecule has 2 rings (SSSR count). The SMILES string of the molecule is O=[C]C(C=O)c1cnc2ccccc2c1. The molecule has 0 aliphatic carbocycles. The van der Waals surface area contributed by atoms with Gasteiger partial charge in [-0.1, -0.05) is 18.2 Å². The Morgan fingerprint density at radius 3 is 2.87 bits per heavy atom. The van der Waals surface area contributed by atoms with Gasteiger partial charge in [-0.2, -0.15) is 0 Å². The number of aldehydes is 1. The van der Waals surface area contributed by atoms with Crippen LogP contribution >= 0.6 is 0 Å². The summed E-state index contributed by atoms with van der Waals surface area (Å²) in [5, 5.41) is 0.914. The van der Waals surface area contributed by atoms with E-state index in [1.54, 1.807) is 12.4 Å². The van der Waals surface area contributed by atoms with E-state index in [0.717, 1.165) is 10.9 Å². The van der Waals surface area contributed by atoms with Crippen molar-refractivity contribution in [3.63, 3.8) is 0 Å². The molecule has 0 N–H and O–H groups in total. The summed E-state index contributed by atoms with van der Waals surface area (Å²) in [5.74, 6) is -0.831. The minimum absolute atomic E-state index is 0.568. The van der Waals surface area contributed by atoms with Gasteiger partial charge in [-0.3, -0.25) is 9.78 Å². The highest BCUT2D eigenvalue weighted by Gasteiger charge is 2.10. The molecule has 0 amide bonds. The molecule has 73 valence electrons. The van der Waals surface area contributed by atoms with Gasteiger partial charge in [0.25, 0.3) is 0 Å². The van der Waals surface area contributed by atoms with Gasteiger partial charge < -0.3 is 4.79 Å². The van der Waals surface area contributed by atoms with E-state index in [0.29, 0.717) is 11.8 Å². The number of rotatable bonds is 3. The van der Waals surface area contributed by atoms with Gasteiger partial charge in [-0.25, -0.2) is 0 Å². The van der Waals surface area contributed by atoms with Crippen molar-refractivity contribution < 1.29 is 9.59 Å². The van der Waals surface area contributed by atoms with E-state index < -0.39 is 5.92 Å². The molecule has 3 heteroatoms. The first-order valence-corrected chi connectivity index (χ1v) is 4.53. The van der Waals surface area contributed by atoms with Gasteiger partial charge in [0, 0.05) is 11.6 Å². The van der Waals surface area contributed by atoms with Gasteiger partial charge in [0.15, 0.2) is 0 Å². The topological polar surface area (TPSA) is 47.0 Å². The fourth-order valence-electron chi connectivity index (χ4n) is 1.43. The highest BCUT2D eigenvalue weighted by molar-refractivity contribution is 5.87. The lowest BCUT2D eigenvalue weighted by Crippen LogP contribution is -2.01. The number of aromatic nitrogens is 1. The van der Waals surface area contributed by atoms with Crippen molar-refractivity contribution in [2.24, 2.45) is 0 Å². The van der Waals surface area contributed by atoms with E-state index in [2.05, 4.69) is 4.98 Å². The Hall–Kier alpha value is -2.03. The van der Waals surface area contributed by atoms with Crippen LogP contribution in [0.25, 0.3) is 10.9 Å². The molecule has 3 nitrogen and oxygen atoms in total. The molecular weight excluding hydrogens is 190 g/mol. The summed E-state index contributed by atoms with van der Waals surface area (Å²) in [4.78, 5) is 25.2. The van der Waals surface area contributed by atoms with Crippen molar-refractivity contribution in [3.05, 3.63) is 42.1 Å². The zero-order chi connectivity index (χ0) is 10.7. The second-order valence-corrected chi connectivity index (χ2v) is 3.19. The maximum atomic E-state index is 10.6. The van der Waals surface area contributed by atoms with Gasteiger partial charge in [0.05, 0.1) is 5.52 Å². The summed E-state index contributed by atoms with van der Waals surface area (Å²) in [6.45, 7) is 0. The summed E-state index contributed by atoms with van der Waals surface area (Å²) in [6, 6.07) is 9.32. The number of carbonyl (C=O) groups is 1. The smallest absolute Gasteiger partial charge is 0.214 e. The molecule has 1 heterocycles. The standard InChI is InChI=1S/C12H8NO2/c14-7-11(8-15)10-5-9-3-1-2-4-12(9)13-6-10/h1-7,11H. The highest BCUT2D eigenvalue weighted by Crippen LogP contribution is 2.17. The summed E-state index contributed by atoms with van der Waals surface area (Å²) < 4.78 is 0. The van der Waals surface area contributed by atoms with Crippen LogP contribution in [0.1, 0.15) is 11.5 Å². The van der Waals surface area contributed by atoms with Crippen LogP contribution in [0.3, 0.4) is 0 Å². The number of hydrogen-bond acceptors (Lipinski definition) is 3. The van der Waals surface area contributed by atoms with Crippen LogP contribution in [-0.2, 0) is 9.59 Å². The van der Waals surface area contributed by atoms with E-state index in [1.165, 1.54) is 6.20 Å². The van der Waals surface area contributed by atoms with Crippen LogP contribution in [0.15, 0.2) is 36.5 Å². The molecule has 1 unspecified atom stereocenters. The third kappa shape index (κ3) is 1.76. The maximum absolute atomic E-state index is 10.6. The fourth-order valence-corrected chi connectivity index (χ4v) is 1.43. The maximum Gasteiger partial charge on any atom is 0.214 e. The van der Waals surface area contributed by atoms with Gasteiger partial charge in [-0.15, -0.1) is 0 Å². The average molecular weight is 198 g/mol. The summed E-state index contributed by atoms with van der Waals surface area (Å²) in [6.07, 6.45) is 3.78. The zero-order valence-corrected chi connectivity index (χ0v) is 7.88. The van der Waals surface area contributed by atoms with Crippen LogP contribution in [0.4, 0.5) is 0 Å². The number of benzene rings is 1. The second-order valence-electron chi connectivity index (χ2n) is 3.19. The Morgan fingerprint density at radius 2 is 2.13 bits per heavy atom. The van der Waals surface area contributed by atoms with E-state index >= 15 is 0 Å². The van der Waals surface area contributed by atoms with E-state index in [4.69, 9.17) is 0 Å². The molecule has 0 aliphatic heterocycles. The summed E-state index contributed by atoms with van der Waals surface area (Å²) in [7, 11) is 0. The van der Waals surface area contributed by atoms with Gasteiger partial charge >= 0.3 is 0 Å². The largest absolute Gasteiger partial charge is 0.302 e. The molecule has 2 aromatic rings. The fraction of sp³-hybridized carbons (Fsp3) is 0.0833. The lowest BCUT2D eigenvalue weighted by atomic mass is 10.0. The molecule has 0 fully saturated rings. The first-order chi connectivity index (χ1) is 7.35. The molecular formula is C12H8NO2. The van der Waals surface area contributed by atoms with Crippen LogP contribution < -0.4 is 0 Å². The van der Waals surface area contributed by atoms with Gasteiger partial charge in [-0.05, 0) is 17.7 Å².